The summed E-state index contributed by atoms with van der Waals surface area (Å²) in [6.07, 6.45) is 2.72. The van der Waals surface area contributed by atoms with Crippen LogP contribution in [0, 0.1) is 0 Å². The Hall–Kier alpha value is -3.46. The van der Waals surface area contributed by atoms with Crippen LogP contribution in [0.4, 0.5) is 5.69 Å². The third kappa shape index (κ3) is 4.79. The molecule has 9 nitrogen and oxygen atoms in total. The summed E-state index contributed by atoms with van der Waals surface area (Å²) in [4.78, 5) is 38.3. The van der Waals surface area contributed by atoms with Gasteiger partial charge in [-0.1, -0.05) is 12.1 Å². The maximum atomic E-state index is 12.7. The molecule has 1 aromatic carbocycles. The molecule has 0 atom stereocenters. The summed E-state index contributed by atoms with van der Waals surface area (Å²) in [6, 6.07) is 9.82. The Bertz CT molecular complexity index is 841. The number of rotatable bonds is 4. The second kappa shape index (κ2) is 8.77. The summed E-state index contributed by atoms with van der Waals surface area (Å²) in [5.41, 5.74) is 2.66. The zero-order valence-corrected chi connectivity index (χ0v) is 14.4. The predicted molar refractivity (Wildman–Crippen MR) is 96.2 cm³/mol. The number of para-hydroxylation sites is 1. The predicted octanol–water partition coefficient (Wildman–Crippen LogP) is 0.841. The van der Waals surface area contributed by atoms with E-state index in [0.29, 0.717) is 37.6 Å². The van der Waals surface area contributed by atoms with Gasteiger partial charge in [-0.05, 0) is 24.3 Å². The molecular weight excluding hydrogens is 352 g/mol. The number of amides is 3. The molecular formula is C18H18N4O5. The van der Waals surface area contributed by atoms with Gasteiger partial charge in [-0.25, -0.2) is 5.43 Å². The Morgan fingerprint density at radius 2 is 1.81 bits per heavy atom. The van der Waals surface area contributed by atoms with Gasteiger partial charge in [0.1, 0.15) is 5.76 Å². The number of hydrogen-bond acceptors (Lipinski definition) is 6. The van der Waals surface area contributed by atoms with Gasteiger partial charge in [-0.3, -0.25) is 14.4 Å². The Kier molecular flexibility index (Phi) is 5.95. The quantitative estimate of drug-likeness (QED) is 0.470. The van der Waals surface area contributed by atoms with Gasteiger partial charge < -0.3 is 19.4 Å². The highest BCUT2D eigenvalue weighted by molar-refractivity contribution is 6.40. The fourth-order valence-corrected chi connectivity index (χ4v) is 2.46. The molecule has 9 heteroatoms. The largest absolute Gasteiger partial charge is 0.463 e. The first kappa shape index (κ1) is 18.3. The molecule has 0 bridgehead atoms. The minimum Gasteiger partial charge on any atom is -0.463 e. The summed E-state index contributed by atoms with van der Waals surface area (Å²) >= 11 is 0. The molecule has 0 spiro atoms. The minimum absolute atomic E-state index is 0.231. The summed E-state index contributed by atoms with van der Waals surface area (Å²) < 4.78 is 10.3. The van der Waals surface area contributed by atoms with Crippen molar-refractivity contribution in [1.82, 2.24) is 10.3 Å². The average Bonchev–Trinajstić information content (AvgIpc) is 3.22. The van der Waals surface area contributed by atoms with E-state index in [9.17, 15) is 14.4 Å². The number of ether oxygens (including phenoxy) is 1. The van der Waals surface area contributed by atoms with Gasteiger partial charge in [0.05, 0.1) is 36.9 Å². The van der Waals surface area contributed by atoms with Crippen LogP contribution < -0.4 is 10.7 Å². The van der Waals surface area contributed by atoms with Crippen LogP contribution in [0.15, 0.2) is 52.2 Å². The fraction of sp³-hybridized carbons (Fsp3) is 0.222. The molecule has 1 saturated heterocycles. The second-order valence-corrected chi connectivity index (χ2v) is 5.62. The number of hydrogen-bond donors (Lipinski definition) is 2. The average molecular weight is 370 g/mol. The van der Waals surface area contributed by atoms with Crippen molar-refractivity contribution in [2.75, 3.05) is 31.6 Å². The molecule has 3 rings (SSSR count). The number of nitrogens with zero attached hydrogens (tertiary/aromatic N) is 2. The Morgan fingerprint density at radius 1 is 1.04 bits per heavy atom. The first-order valence-electron chi connectivity index (χ1n) is 8.29. The van der Waals surface area contributed by atoms with E-state index < -0.39 is 11.8 Å². The normalized spacial score (nSPS) is 14.1. The van der Waals surface area contributed by atoms with Crippen molar-refractivity contribution in [3.8, 4) is 0 Å². The molecule has 0 saturated carbocycles. The van der Waals surface area contributed by atoms with Gasteiger partial charge in [0.25, 0.3) is 5.91 Å². The van der Waals surface area contributed by atoms with E-state index in [1.165, 1.54) is 12.5 Å². The molecule has 1 aliphatic rings. The van der Waals surface area contributed by atoms with Crippen molar-refractivity contribution < 1.29 is 23.5 Å². The van der Waals surface area contributed by atoms with E-state index in [-0.39, 0.29) is 11.6 Å². The van der Waals surface area contributed by atoms with Crippen molar-refractivity contribution in [2.24, 2.45) is 5.10 Å². The minimum atomic E-state index is -0.966. The summed E-state index contributed by atoms with van der Waals surface area (Å²) in [6.45, 7) is 1.89. The topological polar surface area (TPSA) is 113 Å². The molecule has 3 amide bonds. The molecule has 2 N–H and O–H groups in total. The monoisotopic (exact) mass is 370 g/mol. The number of carbonyl (C=O) groups is 3. The molecule has 2 aromatic rings. The van der Waals surface area contributed by atoms with Crippen LogP contribution in [0.5, 0.6) is 0 Å². The smallest absolute Gasteiger partial charge is 0.329 e. The number of nitrogens with one attached hydrogen (secondary N) is 2. The molecule has 0 aliphatic carbocycles. The van der Waals surface area contributed by atoms with Gasteiger partial charge in [0.2, 0.25) is 0 Å². The number of morpholine rings is 1. The van der Waals surface area contributed by atoms with E-state index in [1.807, 2.05) is 0 Å². The third-order valence-corrected chi connectivity index (χ3v) is 3.81. The van der Waals surface area contributed by atoms with Gasteiger partial charge in [0, 0.05) is 13.1 Å². The van der Waals surface area contributed by atoms with Crippen molar-refractivity contribution in [3.05, 3.63) is 54.0 Å². The first-order valence-corrected chi connectivity index (χ1v) is 8.29. The zero-order valence-electron chi connectivity index (χ0n) is 14.4. The number of benzene rings is 1. The molecule has 0 unspecified atom stereocenters. The number of carbonyl (C=O) groups excluding carboxylic acids is 3. The van der Waals surface area contributed by atoms with Crippen molar-refractivity contribution >= 4 is 29.6 Å². The highest BCUT2D eigenvalue weighted by Gasteiger charge is 2.22. The summed E-state index contributed by atoms with van der Waals surface area (Å²) in [5.74, 6) is -1.71. The van der Waals surface area contributed by atoms with Crippen molar-refractivity contribution in [3.63, 3.8) is 0 Å². The van der Waals surface area contributed by atoms with Crippen LogP contribution in [-0.2, 0) is 14.3 Å². The Morgan fingerprint density at radius 3 is 2.56 bits per heavy atom. The Balaban J connectivity index is 1.63. The van der Waals surface area contributed by atoms with Crippen LogP contribution in [0.1, 0.15) is 16.1 Å². The Labute approximate surface area is 155 Å². The molecule has 1 fully saturated rings. The molecule has 0 radical (unpaired) electrons. The van der Waals surface area contributed by atoms with E-state index in [0.717, 1.165) is 0 Å². The summed E-state index contributed by atoms with van der Waals surface area (Å²) in [7, 11) is 0. The van der Waals surface area contributed by atoms with E-state index in [1.54, 1.807) is 41.3 Å². The van der Waals surface area contributed by atoms with Crippen LogP contribution in [0.3, 0.4) is 0 Å². The molecule has 1 aliphatic heterocycles. The van der Waals surface area contributed by atoms with E-state index in [2.05, 4.69) is 15.8 Å². The highest BCUT2D eigenvalue weighted by atomic mass is 16.5. The first-order chi connectivity index (χ1) is 13.1. The zero-order chi connectivity index (χ0) is 19.1. The number of hydrazone groups is 1. The standard InChI is InChI=1S/C18H18N4O5/c23-16(17(24)21-19-12-13-4-3-9-27-13)20-15-6-2-1-5-14(15)18(25)22-7-10-26-11-8-22/h1-6,9,12H,7-8,10-11H2,(H,20,23)(H,21,24)/b19-12-. The van der Waals surface area contributed by atoms with Gasteiger partial charge in [-0.15, -0.1) is 0 Å². The third-order valence-electron chi connectivity index (χ3n) is 3.81. The number of anilines is 1. The van der Waals surface area contributed by atoms with Crippen LogP contribution in [-0.4, -0.2) is 55.1 Å². The lowest BCUT2D eigenvalue weighted by atomic mass is 10.1. The lowest BCUT2D eigenvalue weighted by Crippen LogP contribution is -2.41. The molecule has 2 heterocycles. The summed E-state index contributed by atoms with van der Waals surface area (Å²) in [5, 5.41) is 6.09. The van der Waals surface area contributed by atoms with Gasteiger partial charge in [-0.2, -0.15) is 5.10 Å². The van der Waals surface area contributed by atoms with Gasteiger partial charge >= 0.3 is 11.8 Å². The van der Waals surface area contributed by atoms with Crippen molar-refractivity contribution in [2.45, 2.75) is 0 Å². The fourth-order valence-electron chi connectivity index (χ4n) is 2.46. The van der Waals surface area contributed by atoms with Gasteiger partial charge in [0.15, 0.2) is 0 Å². The maximum Gasteiger partial charge on any atom is 0.329 e. The van der Waals surface area contributed by atoms with E-state index >= 15 is 0 Å². The van der Waals surface area contributed by atoms with Crippen LogP contribution in [0.25, 0.3) is 0 Å². The SMILES string of the molecule is O=C(N/N=C\c1ccco1)C(=O)Nc1ccccc1C(=O)N1CCOCC1. The molecule has 140 valence electrons. The second-order valence-electron chi connectivity index (χ2n) is 5.62. The number of furan rings is 1. The lowest BCUT2D eigenvalue weighted by Gasteiger charge is -2.27. The lowest BCUT2D eigenvalue weighted by molar-refractivity contribution is -0.136. The highest BCUT2D eigenvalue weighted by Crippen LogP contribution is 2.18. The maximum absolute atomic E-state index is 12.7. The molecule has 1 aromatic heterocycles. The van der Waals surface area contributed by atoms with Crippen LogP contribution in [0.2, 0.25) is 0 Å². The molecule has 27 heavy (non-hydrogen) atoms. The van der Waals surface area contributed by atoms with E-state index in [4.69, 9.17) is 9.15 Å². The van der Waals surface area contributed by atoms with Crippen LogP contribution >= 0.6 is 0 Å². The van der Waals surface area contributed by atoms with Crippen molar-refractivity contribution in [1.29, 1.82) is 0 Å².